The van der Waals surface area contributed by atoms with E-state index in [1.165, 1.54) is 32.1 Å². The van der Waals surface area contributed by atoms with Crippen molar-refractivity contribution in [3.63, 3.8) is 0 Å². The van der Waals surface area contributed by atoms with Crippen LogP contribution in [-0.2, 0) is 9.59 Å². The van der Waals surface area contributed by atoms with Crippen LogP contribution in [0.2, 0.25) is 0 Å². The number of nitrogens with zero attached hydrogens (tertiary/aromatic N) is 1. The molecule has 4 heteroatoms. The Kier molecular flexibility index (Phi) is 5.23. The summed E-state index contributed by atoms with van der Waals surface area (Å²) in [6.07, 6.45) is 10.0. The van der Waals surface area contributed by atoms with E-state index in [1.807, 2.05) is 4.90 Å². The van der Waals surface area contributed by atoms with Gasteiger partial charge in [-0.3, -0.25) is 9.59 Å². The van der Waals surface area contributed by atoms with Crippen molar-refractivity contribution < 1.29 is 9.59 Å². The second-order valence-corrected chi connectivity index (χ2v) is 6.12. The van der Waals surface area contributed by atoms with E-state index in [-0.39, 0.29) is 17.7 Å². The fraction of sp³-hybridized carbons (Fsp3) is 0.867. The first-order valence-corrected chi connectivity index (χ1v) is 7.74. The largest absolute Gasteiger partial charge is 0.369 e. The number of carbonyl (C=O) groups excluding carboxylic acids is 2. The molecule has 1 atom stereocenters. The lowest BCUT2D eigenvalue weighted by Crippen LogP contribution is -2.44. The van der Waals surface area contributed by atoms with Gasteiger partial charge in [-0.2, -0.15) is 0 Å². The van der Waals surface area contributed by atoms with Crippen molar-refractivity contribution in [1.29, 1.82) is 0 Å². The van der Waals surface area contributed by atoms with Gasteiger partial charge in [0.25, 0.3) is 0 Å². The Bertz CT molecular complexity index is 324. The van der Waals surface area contributed by atoms with Crippen LogP contribution in [0, 0.1) is 11.8 Å². The van der Waals surface area contributed by atoms with Crippen LogP contribution >= 0.6 is 0 Å². The Morgan fingerprint density at radius 3 is 2.47 bits per heavy atom. The molecule has 0 aromatic heterocycles. The van der Waals surface area contributed by atoms with Gasteiger partial charge in [0.05, 0.1) is 5.92 Å². The topological polar surface area (TPSA) is 63.4 Å². The van der Waals surface area contributed by atoms with Crippen LogP contribution in [0.4, 0.5) is 0 Å². The summed E-state index contributed by atoms with van der Waals surface area (Å²) in [5, 5.41) is 0. The Labute approximate surface area is 115 Å². The molecule has 2 rings (SSSR count). The van der Waals surface area contributed by atoms with Crippen molar-refractivity contribution in [3.05, 3.63) is 0 Å². The van der Waals surface area contributed by atoms with E-state index in [2.05, 4.69) is 0 Å². The van der Waals surface area contributed by atoms with Gasteiger partial charge in [0.1, 0.15) is 0 Å². The van der Waals surface area contributed by atoms with Gasteiger partial charge in [-0.25, -0.2) is 0 Å². The van der Waals surface area contributed by atoms with Gasteiger partial charge in [0.2, 0.25) is 11.8 Å². The minimum Gasteiger partial charge on any atom is -0.369 e. The quantitative estimate of drug-likeness (QED) is 0.846. The smallest absolute Gasteiger partial charge is 0.222 e. The number of hydrogen-bond acceptors (Lipinski definition) is 2. The van der Waals surface area contributed by atoms with E-state index in [1.54, 1.807) is 0 Å². The Morgan fingerprint density at radius 2 is 1.79 bits per heavy atom. The van der Waals surface area contributed by atoms with Crippen LogP contribution in [0.5, 0.6) is 0 Å². The molecule has 0 spiro atoms. The zero-order chi connectivity index (χ0) is 13.7. The first-order chi connectivity index (χ1) is 9.16. The van der Waals surface area contributed by atoms with Crippen LogP contribution in [0.25, 0.3) is 0 Å². The van der Waals surface area contributed by atoms with Crippen LogP contribution in [-0.4, -0.2) is 29.8 Å². The monoisotopic (exact) mass is 266 g/mol. The van der Waals surface area contributed by atoms with Gasteiger partial charge < -0.3 is 10.6 Å². The molecule has 2 fully saturated rings. The lowest BCUT2D eigenvalue weighted by molar-refractivity contribution is -0.135. The van der Waals surface area contributed by atoms with Crippen molar-refractivity contribution in [2.45, 2.75) is 57.8 Å². The number of likely N-dealkylation sites (tertiary alicyclic amines) is 1. The first-order valence-electron chi connectivity index (χ1n) is 7.74. The van der Waals surface area contributed by atoms with Crippen LogP contribution in [0.3, 0.4) is 0 Å². The predicted molar refractivity (Wildman–Crippen MR) is 74.3 cm³/mol. The summed E-state index contributed by atoms with van der Waals surface area (Å²) in [7, 11) is 0. The molecule has 1 saturated heterocycles. The zero-order valence-electron chi connectivity index (χ0n) is 11.8. The van der Waals surface area contributed by atoms with Crippen LogP contribution < -0.4 is 5.73 Å². The number of amides is 2. The minimum absolute atomic E-state index is 0.132. The molecule has 2 amide bonds. The maximum Gasteiger partial charge on any atom is 0.222 e. The van der Waals surface area contributed by atoms with Crippen LogP contribution in [0.15, 0.2) is 0 Å². The fourth-order valence-electron chi connectivity index (χ4n) is 3.40. The lowest BCUT2D eigenvalue weighted by Gasteiger charge is -2.32. The summed E-state index contributed by atoms with van der Waals surface area (Å²) < 4.78 is 0. The van der Waals surface area contributed by atoms with Crippen molar-refractivity contribution in [1.82, 2.24) is 4.90 Å². The highest BCUT2D eigenvalue weighted by atomic mass is 16.2. The third-order valence-electron chi connectivity index (χ3n) is 4.67. The number of piperidine rings is 1. The summed E-state index contributed by atoms with van der Waals surface area (Å²) >= 11 is 0. The Hall–Kier alpha value is -1.06. The van der Waals surface area contributed by atoms with Crippen molar-refractivity contribution in [2.24, 2.45) is 17.6 Å². The second kappa shape index (κ2) is 6.92. The molecular formula is C15H26N2O2. The standard InChI is InChI=1S/C15H26N2O2/c16-15(19)13-7-4-10-17(11-13)14(18)9-8-12-5-2-1-3-6-12/h12-13H,1-11H2,(H2,16,19)/t13-/m0/s1. The van der Waals surface area contributed by atoms with E-state index >= 15 is 0 Å². The Morgan fingerprint density at radius 1 is 1.05 bits per heavy atom. The van der Waals surface area contributed by atoms with Gasteiger partial charge in [-0.05, 0) is 25.2 Å². The highest BCUT2D eigenvalue weighted by molar-refractivity contribution is 5.80. The normalized spacial score (nSPS) is 25.3. The second-order valence-electron chi connectivity index (χ2n) is 6.12. The SMILES string of the molecule is NC(=O)[C@H]1CCCN(C(=O)CCC2CCCCC2)C1. The molecule has 0 radical (unpaired) electrons. The van der Waals surface area contributed by atoms with Gasteiger partial charge in [0, 0.05) is 19.5 Å². The summed E-state index contributed by atoms with van der Waals surface area (Å²) in [6, 6.07) is 0. The van der Waals surface area contributed by atoms with E-state index < -0.39 is 0 Å². The molecule has 2 N–H and O–H groups in total. The maximum absolute atomic E-state index is 12.2. The molecule has 1 aliphatic heterocycles. The summed E-state index contributed by atoms with van der Waals surface area (Å²) in [5.41, 5.74) is 5.34. The van der Waals surface area contributed by atoms with Gasteiger partial charge in [-0.15, -0.1) is 0 Å². The van der Waals surface area contributed by atoms with Crippen molar-refractivity contribution in [3.8, 4) is 0 Å². The summed E-state index contributed by atoms with van der Waals surface area (Å²) in [6.45, 7) is 1.34. The zero-order valence-corrected chi connectivity index (χ0v) is 11.8. The molecule has 0 bridgehead atoms. The molecule has 0 unspecified atom stereocenters. The van der Waals surface area contributed by atoms with Crippen molar-refractivity contribution in [2.75, 3.05) is 13.1 Å². The summed E-state index contributed by atoms with van der Waals surface area (Å²) in [5.74, 6) is 0.572. The molecule has 0 aromatic carbocycles. The highest BCUT2D eigenvalue weighted by Gasteiger charge is 2.27. The molecule has 1 aliphatic carbocycles. The molecule has 2 aliphatic rings. The molecular weight excluding hydrogens is 240 g/mol. The number of primary amides is 1. The van der Waals surface area contributed by atoms with Gasteiger partial charge in [-0.1, -0.05) is 32.1 Å². The molecule has 0 aromatic rings. The highest BCUT2D eigenvalue weighted by Crippen LogP contribution is 2.28. The number of rotatable bonds is 4. The van der Waals surface area contributed by atoms with Gasteiger partial charge >= 0.3 is 0 Å². The third kappa shape index (κ3) is 4.22. The van der Waals surface area contributed by atoms with E-state index in [0.29, 0.717) is 13.0 Å². The number of nitrogens with two attached hydrogens (primary N) is 1. The predicted octanol–water partition coefficient (Wildman–Crippen LogP) is 2.07. The average molecular weight is 266 g/mol. The fourth-order valence-corrected chi connectivity index (χ4v) is 3.40. The third-order valence-corrected chi connectivity index (χ3v) is 4.67. The van der Waals surface area contributed by atoms with Gasteiger partial charge in [0.15, 0.2) is 0 Å². The molecule has 19 heavy (non-hydrogen) atoms. The number of carbonyl (C=O) groups is 2. The number of hydrogen-bond donors (Lipinski definition) is 1. The Balaban J connectivity index is 1.74. The molecule has 4 nitrogen and oxygen atoms in total. The molecule has 1 saturated carbocycles. The van der Waals surface area contributed by atoms with E-state index in [0.717, 1.165) is 31.7 Å². The van der Waals surface area contributed by atoms with Crippen molar-refractivity contribution >= 4 is 11.8 Å². The molecule has 1 heterocycles. The maximum atomic E-state index is 12.2. The summed E-state index contributed by atoms with van der Waals surface area (Å²) in [4.78, 5) is 25.2. The minimum atomic E-state index is -0.259. The lowest BCUT2D eigenvalue weighted by atomic mass is 9.86. The first kappa shape index (κ1) is 14.4. The van der Waals surface area contributed by atoms with E-state index in [4.69, 9.17) is 5.73 Å². The van der Waals surface area contributed by atoms with E-state index in [9.17, 15) is 9.59 Å². The molecule has 108 valence electrons. The van der Waals surface area contributed by atoms with Crippen LogP contribution in [0.1, 0.15) is 57.8 Å². The average Bonchev–Trinajstić information content (AvgIpc) is 2.46.